The fraction of sp³-hybridized carbons (Fsp3) is 0.833. The number of aromatic nitrogens is 2. The van der Waals surface area contributed by atoms with Crippen molar-refractivity contribution in [3.05, 3.63) is 5.69 Å². The van der Waals surface area contributed by atoms with Gasteiger partial charge in [0.05, 0.1) is 8.07 Å². The van der Waals surface area contributed by atoms with Gasteiger partial charge in [0.25, 0.3) is 0 Å². The molecule has 7 heteroatoms. The first-order chi connectivity index (χ1) is 8.32. The number of hydrogen-bond donors (Lipinski definition) is 0. The van der Waals surface area contributed by atoms with Gasteiger partial charge in [-0.05, 0) is 11.2 Å². The first-order valence-corrected chi connectivity index (χ1v) is 17.5. The van der Waals surface area contributed by atoms with Crippen LogP contribution in [0.25, 0.3) is 0 Å². The lowest BCUT2D eigenvalue weighted by atomic mass is 10.5. The molecule has 19 heavy (non-hydrogen) atoms. The summed E-state index contributed by atoms with van der Waals surface area (Å²) < 4.78 is 7.68. The second kappa shape index (κ2) is 5.17. The van der Waals surface area contributed by atoms with Gasteiger partial charge in [0, 0.05) is 0 Å². The molecule has 0 saturated heterocycles. The zero-order valence-corrected chi connectivity index (χ0v) is 17.0. The Kier molecular flexibility index (Phi) is 4.53. The Morgan fingerprint density at radius 1 is 0.842 bits per heavy atom. The van der Waals surface area contributed by atoms with E-state index in [4.69, 9.17) is 4.63 Å². The first kappa shape index (κ1) is 16.6. The Labute approximate surface area is 120 Å². The van der Waals surface area contributed by atoms with Crippen LogP contribution in [0.15, 0.2) is 4.63 Å². The minimum absolute atomic E-state index is 1.03. The molecular formula is C12H29N3OSi3. The third-order valence-electron chi connectivity index (χ3n) is 2.79. The van der Waals surface area contributed by atoms with E-state index in [1.54, 1.807) is 0 Å². The predicted octanol–water partition coefficient (Wildman–Crippen LogP) is 3.97. The zero-order chi connectivity index (χ0) is 15.1. The summed E-state index contributed by atoms with van der Waals surface area (Å²) in [6.07, 6.45) is 0. The highest BCUT2D eigenvalue weighted by Gasteiger charge is 2.38. The topological polar surface area (TPSA) is 42.2 Å². The predicted molar refractivity (Wildman–Crippen MR) is 90.5 cm³/mol. The molecule has 0 atom stereocenters. The maximum Gasteiger partial charge on any atom is 0.180 e. The molecule has 110 valence electrons. The van der Waals surface area contributed by atoms with Crippen LogP contribution in [-0.4, -0.2) is 34.9 Å². The number of hydrogen-bond acceptors (Lipinski definition) is 4. The molecule has 1 rings (SSSR count). The lowest BCUT2D eigenvalue weighted by molar-refractivity contribution is 0.305. The lowest BCUT2D eigenvalue weighted by Crippen LogP contribution is -2.60. The fourth-order valence-electron chi connectivity index (χ4n) is 2.63. The van der Waals surface area contributed by atoms with E-state index in [2.05, 4.69) is 73.5 Å². The largest absolute Gasteiger partial charge is 0.405 e. The van der Waals surface area contributed by atoms with Gasteiger partial charge in [-0.3, -0.25) is 0 Å². The van der Waals surface area contributed by atoms with Crippen molar-refractivity contribution in [1.29, 1.82) is 0 Å². The molecule has 0 unspecified atom stereocenters. The van der Waals surface area contributed by atoms with Gasteiger partial charge in [-0.25, -0.2) is 4.63 Å². The third kappa shape index (κ3) is 4.57. The van der Waals surface area contributed by atoms with E-state index in [0.29, 0.717) is 0 Å². The Bertz CT molecular complexity index is 413. The van der Waals surface area contributed by atoms with Crippen LogP contribution in [0.2, 0.25) is 58.9 Å². The van der Waals surface area contributed by atoms with Crippen molar-refractivity contribution in [2.75, 3.05) is 4.23 Å². The van der Waals surface area contributed by atoms with Crippen LogP contribution in [-0.2, 0) is 6.04 Å². The van der Waals surface area contributed by atoms with E-state index in [1.807, 2.05) is 0 Å². The van der Waals surface area contributed by atoms with Gasteiger partial charge in [0.1, 0.15) is 22.2 Å². The van der Waals surface area contributed by atoms with Crippen molar-refractivity contribution in [2.24, 2.45) is 0 Å². The van der Waals surface area contributed by atoms with E-state index < -0.39 is 24.5 Å². The van der Waals surface area contributed by atoms with Crippen LogP contribution in [0.3, 0.4) is 0 Å². The lowest BCUT2D eigenvalue weighted by Gasteiger charge is -2.44. The van der Waals surface area contributed by atoms with Gasteiger partial charge in [-0.15, -0.1) is 0 Å². The van der Waals surface area contributed by atoms with Crippen LogP contribution in [0.5, 0.6) is 0 Å². The van der Waals surface area contributed by atoms with Gasteiger partial charge in [-0.2, -0.15) is 0 Å². The fourth-order valence-corrected chi connectivity index (χ4v) is 13.5. The molecule has 0 aromatic carbocycles. The van der Waals surface area contributed by atoms with Crippen molar-refractivity contribution in [3.63, 3.8) is 0 Å². The van der Waals surface area contributed by atoms with Gasteiger partial charge in [0.15, 0.2) is 5.82 Å². The molecule has 0 aliphatic heterocycles. The Morgan fingerprint density at radius 3 is 1.68 bits per heavy atom. The van der Waals surface area contributed by atoms with Crippen molar-refractivity contribution in [2.45, 2.75) is 65.0 Å². The highest BCUT2D eigenvalue weighted by Crippen LogP contribution is 2.30. The molecular weight excluding hydrogens is 286 g/mol. The summed E-state index contributed by atoms with van der Waals surface area (Å²) in [7, 11) is -4.19. The van der Waals surface area contributed by atoms with Gasteiger partial charge in [-0.1, -0.05) is 64.1 Å². The van der Waals surface area contributed by atoms with Crippen molar-refractivity contribution in [3.8, 4) is 0 Å². The Hall–Kier alpha value is -0.409. The summed E-state index contributed by atoms with van der Waals surface area (Å²) in [5, 5.41) is 8.47. The Balaban J connectivity index is 3.23. The molecule has 1 aromatic rings. The maximum absolute atomic E-state index is 5.09. The average Bonchev–Trinajstić information content (AvgIpc) is 2.44. The number of nitrogens with zero attached hydrogens (tertiary/aromatic N) is 3. The van der Waals surface area contributed by atoms with E-state index >= 15 is 0 Å². The number of rotatable bonds is 5. The first-order valence-electron chi connectivity index (χ1n) is 6.94. The normalized spacial score (nSPS) is 13.7. The summed E-state index contributed by atoms with van der Waals surface area (Å²) in [5.41, 5.74) is 1.07. The monoisotopic (exact) mass is 315 g/mol. The molecule has 0 fully saturated rings. The smallest absolute Gasteiger partial charge is 0.180 e. The van der Waals surface area contributed by atoms with Crippen LogP contribution >= 0.6 is 0 Å². The maximum atomic E-state index is 5.09. The van der Waals surface area contributed by atoms with E-state index in [-0.39, 0.29) is 0 Å². The van der Waals surface area contributed by atoms with Gasteiger partial charge >= 0.3 is 0 Å². The van der Waals surface area contributed by atoms with E-state index in [1.165, 1.54) is 0 Å². The molecule has 0 N–H and O–H groups in total. The van der Waals surface area contributed by atoms with E-state index in [9.17, 15) is 0 Å². The minimum atomic E-state index is -1.49. The summed E-state index contributed by atoms with van der Waals surface area (Å²) in [6.45, 7) is 21.3. The number of anilines is 1. The summed E-state index contributed by atoms with van der Waals surface area (Å²) in [6, 6.07) is 1.04. The molecule has 0 aliphatic rings. The van der Waals surface area contributed by atoms with Gasteiger partial charge < -0.3 is 4.23 Å². The second-order valence-electron chi connectivity index (χ2n) is 8.45. The SMILES string of the molecule is C[Si](C)(C)Cc1nonc1N([Si](C)(C)C)[Si](C)(C)C. The van der Waals surface area contributed by atoms with Gasteiger partial charge in [0.2, 0.25) is 0 Å². The molecule has 0 radical (unpaired) electrons. The summed E-state index contributed by atoms with van der Waals surface area (Å²) in [5.74, 6) is 1.03. The van der Waals surface area contributed by atoms with Crippen LogP contribution < -0.4 is 4.23 Å². The van der Waals surface area contributed by atoms with Crippen LogP contribution in [0, 0.1) is 0 Å². The molecule has 0 bridgehead atoms. The highest BCUT2D eigenvalue weighted by atomic mass is 28.4. The van der Waals surface area contributed by atoms with E-state index in [0.717, 1.165) is 17.6 Å². The van der Waals surface area contributed by atoms with Crippen LogP contribution in [0.4, 0.5) is 5.82 Å². The third-order valence-corrected chi connectivity index (χ3v) is 11.3. The second-order valence-corrected chi connectivity index (χ2v) is 23.9. The molecule has 0 saturated carbocycles. The van der Waals surface area contributed by atoms with Crippen molar-refractivity contribution in [1.82, 2.24) is 10.3 Å². The van der Waals surface area contributed by atoms with Crippen LogP contribution in [0.1, 0.15) is 5.69 Å². The molecule has 1 aromatic heterocycles. The molecule has 0 amide bonds. The Morgan fingerprint density at radius 2 is 1.32 bits per heavy atom. The zero-order valence-electron chi connectivity index (χ0n) is 14.0. The molecule has 0 spiro atoms. The quantitative estimate of drug-likeness (QED) is 0.771. The molecule has 1 heterocycles. The summed E-state index contributed by atoms with van der Waals surface area (Å²) >= 11 is 0. The van der Waals surface area contributed by atoms with Crippen molar-refractivity contribution < 1.29 is 4.63 Å². The molecule has 0 aliphatic carbocycles. The molecule has 4 nitrogen and oxygen atoms in total. The minimum Gasteiger partial charge on any atom is -0.405 e. The standard InChI is InChI=1S/C12H29N3OSi3/c1-17(2,3)10-11-12(14-16-13-11)15(18(4,5)6)19(7,8)9/h10H2,1-9H3. The average molecular weight is 316 g/mol. The summed E-state index contributed by atoms with van der Waals surface area (Å²) in [4.78, 5) is 0. The highest BCUT2D eigenvalue weighted by molar-refractivity contribution is 6.99. The van der Waals surface area contributed by atoms with Crippen molar-refractivity contribution >= 4 is 30.4 Å².